The lowest BCUT2D eigenvalue weighted by atomic mass is 10.6. The Labute approximate surface area is 50.5 Å². The van der Waals surface area contributed by atoms with E-state index in [1.54, 1.807) is 13.3 Å². The topological polar surface area (TPSA) is 15.6 Å². The summed E-state index contributed by atoms with van der Waals surface area (Å²) in [5.74, 6) is 0. The second-order valence-electron chi connectivity index (χ2n) is 1.71. The number of hydrogen-bond acceptors (Lipinski definition) is 2. The van der Waals surface area contributed by atoms with Gasteiger partial charge in [-0.1, -0.05) is 0 Å². The first-order chi connectivity index (χ1) is 3.77. The number of allylic oxidation sites excluding steroid dienone is 1. The maximum absolute atomic E-state index is 3.77. The highest BCUT2D eigenvalue weighted by molar-refractivity contribution is 5.70. The summed E-state index contributed by atoms with van der Waals surface area (Å²) in [4.78, 5) is 5.73. The highest BCUT2D eigenvalue weighted by atomic mass is 15.0. The zero-order valence-electron chi connectivity index (χ0n) is 5.63. The van der Waals surface area contributed by atoms with Crippen molar-refractivity contribution in [3.05, 3.63) is 12.3 Å². The SMILES string of the molecule is C/N=C\C=C/N(C)C. The van der Waals surface area contributed by atoms with Crippen LogP contribution in [0.5, 0.6) is 0 Å². The van der Waals surface area contributed by atoms with Crippen LogP contribution < -0.4 is 0 Å². The average Bonchev–Trinajstić information content (AvgIpc) is 1.66. The van der Waals surface area contributed by atoms with Gasteiger partial charge >= 0.3 is 0 Å². The third-order valence-electron chi connectivity index (χ3n) is 0.619. The number of aliphatic imine (C=N–C) groups is 1. The van der Waals surface area contributed by atoms with E-state index in [9.17, 15) is 0 Å². The van der Waals surface area contributed by atoms with Crippen molar-refractivity contribution in [2.45, 2.75) is 0 Å². The number of rotatable bonds is 2. The van der Waals surface area contributed by atoms with E-state index in [-0.39, 0.29) is 0 Å². The maximum atomic E-state index is 3.77. The highest BCUT2D eigenvalue weighted by Gasteiger charge is 1.68. The molecule has 46 valence electrons. The van der Waals surface area contributed by atoms with E-state index in [0.717, 1.165) is 0 Å². The van der Waals surface area contributed by atoms with Crippen molar-refractivity contribution < 1.29 is 0 Å². The van der Waals surface area contributed by atoms with Crippen molar-refractivity contribution in [3.8, 4) is 0 Å². The molecule has 0 heterocycles. The molecule has 0 spiro atoms. The molecule has 0 aromatic heterocycles. The fraction of sp³-hybridized carbons (Fsp3) is 0.500. The Hall–Kier alpha value is -0.790. The molecule has 0 aromatic carbocycles. The molecular weight excluding hydrogens is 100 g/mol. The number of hydrogen-bond donors (Lipinski definition) is 0. The van der Waals surface area contributed by atoms with E-state index in [2.05, 4.69) is 4.99 Å². The lowest BCUT2D eigenvalue weighted by molar-refractivity contribution is 0.564. The Balaban J connectivity index is 3.34. The van der Waals surface area contributed by atoms with E-state index in [4.69, 9.17) is 0 Å². The molecule has 0 aromatic rings. The average molecular weight is 112 g/mol. The summed E-state index contributed by atoms with van der Waals surface area (Å²) in [5.41, 5.74) is 0. The van der Waals surface area contributed by atoms with Crippen molar-refractivity contribution in [3.63, 3.8) is 0 Å². The lowest BCUT2D eigenvalue weighted by Gasteiger charge is -2.00. The second-order valence-corrected chi connectivity index (χ2v) is 1.71. The molecule has 0 amide bonds. The van der Waals surface area contributed by atoms with Crippen molar-refractivity contribution in [1.29, 1.82) is 0 Å². The van der Waals surface area contributed by atoms with Crippen LogP contribution in [-0.4, -0.2) is 32.3 Å². The Morgan fingerprint density at radius 2 is 2.00 bits per heavy atom. The van der Waals surface area contributed by atoms with Gasteiger partial charge in [-0.25, -0.2) is 0 Å². The third kappa shape index (κ3) is 5.21. The molecule has 0 unspecified atom stereocenters. The summed E-state index contributed by atoms with van der Waals surface area (Å²) in [5, 5.41) is 0. The van der Waals surface area contributed by atoms with Crippen molar-refractivity contribution in [2.75, 3.05) is 21.1 Å². The van der Waals surface area contributed by atoms with Crippen LogP contribution in [0.15, 0.2) is 17.3 Å². The Morgan fingerprint density at radius 3 is 2.38 bits per heavy atom. The predicted molar refractivity (Wildman–Crippen MR) is 37.2 cm³/mol. The molecule has 8 heavy (non-hydrogen) atoms. The second kappa shape index (κ2) is 4.37. The Bertz CT molecular complexity index is 92.7. The monoisotopic (exact) mass is 112 g/mol. The molecule has 0 fully saturated rings. The zero-order valence-corrected chi connectivity index (χ0v) is 5.63. The molecular formula is C6H12N2. The van der Waals surface area contributed by atoms with E-state index in [1.165, 1.54) is 0 Å². The first-order valence-electron chi connectivity index (χ1n) is 2.52. The molecule has 0 radical (unpaired) electrons. The van der Waals surface area contributed by atoms with E-state index >= 15 is 0 Å². The highest BCUT2D eigenvalue weighted by Crippen LogP contribution is 1.72. The van der Waals surface area contributed by atoms with Gasteiger partial charge in [-0.05, 0) is 6.08 Å². The van der Waals surface area contributed by atoms with Crippen LogP contribution in [0.25, 0.3) is 0 Å². The Morgan fingerprint density at radius 1 is 1.38 bits per heavy atom. The van der Waals surface area contributed by atoms with Gasteiger partial charge < -0.3 is 4.90 Å². The molecule has 2 nitrogen and oxygen atoms in total. The van der Waals surface area contributed by atoms with Crippen molar-refractivity contribution in [1.82, 2.24) is 4.90 Å². The van der Waals surface area contributed by atoms with Crippen molar-refractivity contribution in [2.24, 2.45) is 4.99 Å². The van der Waals surface area contributed by atoms with E-state index in [0.29, 0.717) is 0 Å². The minimum absolute atomic E-state index is 1.75. The van der Waals surface area contributed by atoms with Gasteiger partial charge in [0.15, 0.2) is 0 Å². The first kappa shape index (κ1) is 7.21. The van der Waals surface area contributed by atoms with Gasteiger partial charge in [0, 0.05) is 33.6 Å². The summed E-state index contributed by atoms with van der Waals surface area (Å²) in [7, 11) is 5.69. The quantitative estimate of drug-likeness (QED) is 0.481. The molecule has 2 heteroatoms. The van der Waals surface area contributed by atoms with Crippen LogP contribution in [0, 0.1) is 0 Å². The van der Waals surface area contributed by atoms with Crippen LogP contribution in [0.1, 0.15) is 0 Å². The van der Waals surface area contributed by atoms with Crippen LogP contribution in [0.2, 0.25) is 0 Å². The summed E-state index contributed by atoms with van der Waals surface area (Å²) < 4.78 is 0. The maximum Gasteiger partial charge on any atom is 0.0277 e. The summed E-state index contributed by atoms with van der Waals surface area (Å²) in [6.07, 6.45) is 5.58. The van der Waals surface area contributed by atoms with Gasteiger partial charge in [0.2, 0.25) is 0 Å². The molecule has 0 aliphatic heterocycles. The largest absolute Gasteiger partial charge is 0.383 e. The molecule has 0 atom stereocenters. The summed E-state index contributed by atoms with van der Waals surface area (Å²) in [6.45, 7) is 0. The van der Waals surface area contributed by atoms with Crippen LogP contribution >= 0.6 is 0 Å². The molecule has 0 aliphatic rings. The van der Waals surface area contributed by atoms with Gasteiger partial charge in [-0.15, -0.1) is 0 Å². The smallest absolute Gasteiger partial charge is 0.0277 e. The van der Waals surface area contributed by atoms with E-state index < -0.39 is 0 Å². The third-order valence-corrected chi connectivity index (χ3v) is 0.619. The van der Waals surface area contributed by atoms with Gasteiger partial charge in [0.25, 0.3) is 0 Å². The molecule has 0 saturated heterocycles. The fourth-order valence-electron chi connectivity index (χ4n) is 0.297. The van der Waals surface area contributed by atoms with Gasteiger partial charge in [-0.2, -0.15) is 0 Å². The Kier molecular flexibility index (Phi) is 3.94. The van der Waals surface area contributed by atoms with Gasteiger partial charge in [0.1, 0.15) is 0 Å². The minimum Gasteiger partial charge on any atom is -0.383 e. The molecule has 0 N–H and O–H groups in total. The zero-order chi connectivity index (χ0) is 6.41. The predicted octanol–water partition coefficient (Wildman–Crippen LogP) is 0.762. The van der Waals surface area contributed by atoms with Gasteiger partial charge in [-0.3, -0.25) is 4.99 Å². The summed E-state index contributed by atoms with van der Waals surface area (Å²) >= 11 is 0. The number of nitrogens with zero attached hydrogens (tertiary/aromatic N) is 2. The van der Waals surface area contributed by atoms with Crippen LogP contribution in [0.4, 0.5) is 0 Å². The lowest BCUT2D eigenvalue weighted by Crippen LogP contribution is -1.99. The summed E-state index contributed by atoms with van der Waals surface area (Å²) in [6, 6.07) is 0. The standard InChI is InChI=1S/C6H12N2/c1-7-5-4-6-8(2)3/h4-6H,1-3H3/b6-4-,7-5-. The molecule has 0 rings (SSSR count). The van der Waals surface area contributed by atoms with Gasteiger partial charge in [0.05, 0.1) is 0 Å². The van der Waals surface area contributed by atoms with Crippen LogP contribution in [0.3, 0.4) is 0 Å². The van der Waals surface area contributed by atoms with E-state index in [1.807, 2.05) is 31.3 Å². The fourth-order valence-corrected chi connectivity index (χ4v) is 0.297. The molecule has 0 saturated carbocycles. The van der Waals surface area contributed by atoms with Crippen LogP contribution in [-0.2, 0) is 0 Å². The van der Waals surface area contributed by atoms with Crippen molar-refractivity contribution >= 4 is 6.21 Å². The normalized spacial score (nSPS) is 11.4. The molecule has 0 aliphatic carbocycles. The first-order valence-corrected chi connectivity index (χ1v) is 2.52. The molecule has 0 bridgehead atoms. The minimum atomic E-state index is 1.75.